The molecule has 2 amide bonds. The number of carbonyl (C=O) groups excluding carboxylic acids is 3. The van der Waals surface area contributed by atoms with Crippen molar-refractivity contribution in [1.29, 1.82) is 0 Å². The third-order valence-corrected chi connectivity index (χ3v) is 8.93. The third kappa shape index (κ3) is 2.24. The SMILES string of the molecule is Cc1c(Cl)ccc2c1NC(=O)C21C(C(=O)c2ccco2)C2(C(=O)Nc3ccccc32)C2CCCN21. The van der Waals surface area contributed by atoms with Gasteiger partial charge in [-0.15, -0.1) is 0 Å². The fourth-order valence-corrected chi connectivity index (χ4v) is 7.45. The van der Waals surface area contributed by atoms with Crippen molar-refractivity contribution in [3.8, 4) is 0 Å². The van der Waals surface area contributed by atoms with Gasteiger partial charge in [0.15, 0.2) is 5.76 Å². The molecule has 2 aromatic carbocycles. The number of nitrogens with one attached hydrogen (secondary N) is 2. The zero-order chi connectivity index (χ0) is 24.1. The number of rotatable bonds is 2. The first-order valence-corrected chi connectivity index (χ1v) is 12.2. The number of amides is 2. The summed E-state index contributed by atoms with van der Waals surface area (Å²) in [5, 5.41) is 6.62. The van der Waals surface area contributed by atoms with Gasteiger partial charge in [0, 0.05) is 22.3 Å². The summed E-state index contributed by atoms with van der Waals surface area (Å²) in [7, 11) is 0. The van der Waals surface area contributed by atoms with Crippen LogP contribution >= 0.6 is 11.6 Å². The van der Waals surface area contributed by atoms with Crippen LogP contribution in [0.2, 0.25) is 5.02 Å². The van der Waals surface area contributed by atoms with Crippen molar-refractivity contribution in [3.63, 3.8) is 0 Å². The number of carbonyl (C=O) groups is 3. The molecule has 0 aliphatic carbocycles. The van der Waals surface area contributed by atoms with Crippen LogP contribution in [-0.4, -0.2) is 35.1 Å². The molecule has 2 spiro atoms. The molecular weight excluding hydrogens is 466 g/mol. The van der Waals surface area contributed by atoms with Crippen LogP contribution in [-0.2, 0) is 20.5 Å². The van der Waals surface area contributed by atoms with E-state index in [-0.39, 0.29) is 29.4 Å². The standard InChI is InChI=1S/C27H22ClN3O4/c1-14-17(28)11-10-16-21(14)30-25(34)27(16)23(22(32)19-8-5-13-35-19)26(20-9-4-12-31(20)27)15-6-2-3-7-18(15)29-24(26)33/h2-3,5-8,10-11,13,20,23H,4,9,12H2,1H3,(H,29,33)(H,30,34). The maximum absolute atomic E-state index is 14.4. The van der Waals surface area contributed by atoms with E-state index < -0.39 is 16.9 Å². The van der Waals surface area contributed by atoms with Crippen molar-refractivity contribution in [1.82, 2.24) is 4.90 Å². The molecule has 2 N–H and O–H groups in total. The molecule has 7 rings (SSSR count). The normalized spacial score (nSPS) is 30.5. The second kappa shape index (κ2) is 6.83. The zero-order valence-corrected chi connectivity index (χ0v) is 19.7. The van der Waals surface area contributed by atoms with E-state index in [1.807, 2.05) is 37.3 Å². The summed E-state index contributed by atoms with van der Waals surface area (Å²) < 4.78 is 5.57. The molecule has 8 heteroatoms. The number of furan rings is 1. The quantitative estimate of drug-likeness (QED) is 0.527. The van der Waals surface area contributed by atoms with E-state index in [2.05, 4.69) is 15.5 Å². The molecular formula is C27H22ClN3O4. The number of benzene rings is 2. The summed E-state index contributed by atoms with van der Waals surface area (Å²) in [6, 6.07) is 14.0. The fraction of sp³-hybridized carbons (Fsp3) is 0.296. The van der Waals surface area contributed by atoms with E-state index in [4.69, 9.17) is 16.0 Å². The van der Waals surface area contributed by atoms with Crippen molar-refractivity contribution >= 4 is 40.6 Å². The molecule has 176 valence electrons. The average molecular weight is 488 g/mol. The van der Waals surface area contributed by atoms with Gasteiger partial charge in [0.25, 0.3) is 0 Å². The highest BCUT2D eigenvalue weighted by Gasteiger charge is 2.79. The lowest BCUT2D eigenvalue weighted by molar-refractivity contribution is -0.128. The van der Waals surface area contributed by atoms with Crippen LogP contribution in [0, 0.1) is 12.8 Å². The molecule has 0 saturated carbocycles. The van der Waals surface area contributed by atoms with Gasteiger partial charge in [-0.1, -0.05) is 35.9 Å². The third-order valence-electron chi connectivity index (χ3n) is 8.52. The summed E-state index contributed by atoms with van der Waals surface area (Å²) in [6.45, 7) is 2.45. The number of fused-ring (bicyclic) bond motifs is 7. The van der Waals surface area contributed by atoms with E-state index in [0.29, 0.717) is 34.9 Å². The second-order valence-corrected chi connectivity index (χ2v) is 10.2. The molecule has 2 saturated heterocycles. The summed E-state index contributed by atoms with van der Waals surface area (Å²) in [5.74, 6) is -1.80. The van der Waals surface area contributed by atoms with Crippen LogP contribution in [0.15, 0.2) is 59.2 Å². The van der Waals surface area contributed by atoms with Crippen molar-refractivity contribution in [2.75, 3.05) is 17.2 Å². The minimum Gasteiger partial charge on any atom is -0.461 e. The minimum atomic E-state index is -1.37. The van der Waals surface area contributed by atoms with Gasteiger partial charge in [-0.05, 0) is 61.7 Å². The van der Waals surface area contributed by atoms with Gasteiger partial charge in [-0.2, -0.15) is 0 Å². The summed E-state index contributed by atoms with van der Waals surface area (Å²) in [5.41, 5.74) is 0.879. The number of Topliss-reactive ketones (excluding diaryl/α,β-unsaturated/α-hetero) is 1. The molecule has 4 aliphatic rings. The van der Waals surface area contributed by atoms with Gasteiger partial charge < -0.3 is 15.1 Å². The predicted octanol–water partition coefficient (Wildman–Crippen LogP) is 4.26. The molecule has 0 bridgehead atoms. The maximum Gasteiger partial charge on any atom is 0.250 e. The highest BCUT2D eigenvalue weighted by atomic mass is 35.5. The Bertz CT molecular complexity index is 1450. The summed E-state index contributed by atoms with van der Waals surface area (Å²) in [6.07, 6.45) is 2.96. The number of ketones is 1. The van der Waals surface area contributed by atoms with Crippen molar-refractivity contribution in [2.45, 2.75) is 36.8 Å². The monoisotopic (exact) mass is 487 g/mol. The largest absolute Gasteiger partial charge is 0.461 e. The Kier molecular flexibility index (Phi) is 4.08. The Labute approximate surface area is 206 Å². The van der Waals surface area contributed by atoms with Crippen LogP contribution in [0.3, 0.4) is 0 Å². The first kappa shape index (κ1) is 20.9. The van der Waals surface area contributed by atoms with Crippen LogP contribution in [0.25, 0.3) is 0 Å². The van der Waals surface area contributed by atoms with Crippen molar-refractivity contribution in [2.24, 2.45) is 5.92 Å². The Balaban J connectivity index is 1.60. The Hall–Kier alpha value is -3.42. The molecule has 1 aromatic heterocycles. The van der Waals surface area contributed by atoms with Crippen molar-refractivity contribution < 1.29 is 18.8 Å². The maximum atomic E-state index is 14.4. The molecule has 4 atom stereocenters. The van der Waals surface area contributed by atoms with Gasteiger partial charge in [0.2, 0.25) is 17.6 Å². The van der Waals surface area contributed by atoms with E-state index in [9.17, 15) is 14.4 Å². The van der Waals surface area contributed by atoms with Crippen LogP contribution in [0.1, 0.15) is 40.1 Å². The van der Waals surface area contributed by atoms with Crippen molar-refractivity contribution in [3.05, 3.63) is 82.3 Å². The summed E-state index contributed by atoms with van der Waals surface area (Å²) >= 11 is 6.43. The Morgan fingerprint density at radius 1 is 1.06 bits per heavy atom. The van der Waals surface area contributed by atoms with Gasteiger partial charge in [0.05, 0.1) is 17.9 Å². The van der Waals surface area contributed by atoms with Crippen LogP contribution in [0.5, 0.6) is 0 Å². The molecule has 7 nitrogen and oxygen atoms in total. The first-order chi connectivity index (χ1) is 16.9. The van der Waals surface area contributed by atoms with Gasteiger partial charge in [-0.3, -0.25) is 19.3 Å². The van der Waals surface area contributed by atoms with E-state index in [0.717, 1.165) is 17.5 Å². The number of nitrogens with zero attached hydrogens (tertiary/aromatic N) is 1. The van der Waals surface area contributed by atoms with Gasteiger partial charge >= 0.3 is 0 Å². The summed E-state index contributed by atoms with van der Waals surface area (Å²) in [4.78, 5) is 44.8. The van der Waals surface area contributed by atoms with E-state index in [1.165, 1.54) is 6.26 Å². The average Bonchev–Trinajstić information content (AvgIpc) is 3.65. The zero-order valence-electron chi connectivity index (χ0n) is 18.9. The lowest BCUT2D eigenvalue weighted by atomic mass is 9.60. The Morgan fingerprint density at radius 2 is 1.89 bits per heavy atom. The number of halogens is 1. The fourth-order valence-electron chi connectivity index (χ4n) is 7.29. The molecule has 0 radical (unpaired) electrons. The van der Waals surface area contributed by atoms with Gasteiger partial charge in [0.1, 0.15) is 11.0 Å². The van der Waals surface area contributed by atoms with Crippen LogP contribution < -0.4 is 10.6 Å². The van der Waals surface area contributed by atoms with E-state index in [1.54, 1.807) is 18.2 Å². The van der Waals surface area contributed by atoms with E-state index >= 15 is 0 Å². The Morgan fingerprint density at radius 3 is 2.69 bits per heavy atom. The number of para-hydroxylation sites is 1. The number of anilines is 2. The molecule has 35 heavy (non-hydrogen) atoms. The smallest absolute Gasteiger partial charge is 0.250 e. The van der Waals surface area contributed by atoms with Gasteiger partial charge in [-0.25, -0.2) is 0 Å². The molecule has 5 heterocycles. The lowest BCUT2D eigenvalue weighted by Crippen LogP contribution is -2.55. The number of hydrogen-bond acceptors (Lipinski definition) is 5. The topological polar surface area (TPSA) is 91.6 Å². The molecule has 4 aliphatic heterocycles. The highest BCUT2D eigenvalue weighted by Crippen LogP contribution is 2.66. The molecule has 3 aromatic rings. The second-order valence-electron chi connectivity index (χ2n) is 9.81. The predicted molar refractivity (Wildman–Crippen MR) is 130 cm³/mol. The van der Waals surface area contributed by atoms with Crippen LogP contribution in [0.4, 0.5) is 11.4 Å². The lowest BCUT2D eigenvalue weighted by Gasteiger charge is -2.37. The molecule has 4 unspecified atom stereocenters. The first-order valence-electron chi connectivity index (χ1n) is 11.8. The molecule has 2 fully saturated rings. The number of hydrogen-bond donors (Lipinski definition) is 2. The minimum absolute atomic E-state index is 0.138. The highest BCUT2D eigenvalue weighted by molar-refractivity contribution is 6.32.